The largest absolute Gasteiger partial charge is 0.322 e. The zero-order valence-corrected chi connectivity index (χ0v) is 12.7. The van der Waals surface area contributed by atoms with Crippen LogP contribution in [0.4, 0.5) is 0 Å². The minimum Gasteiger partial charge on any atom is -0.322 e. The maximum atomic E-state index is 5.54. The maximum absolute atomic E-state index is 5.54. The molecule has 2 unspecified atom stereocenters. The molecule has 5 heteroatoms. The van der Waals surface area contributed by atoms with Gasteiger partial charge in [0.15, 0.2) is 0 Å². The molecule has 0 radical (unpaired) electrons. The van der Waals surface area contributed by atoms with Crippen LogP contribution < -0.4 is 0 Å². The number of rotatable bonds is 8. The third kappa shape index (κ3) is 8.70. The number of hydrogen-bond acceptors (Lipinski definition) is 3. The summed E-state index contributed by atoms with van der Waals surface area (Å²) in [6.07, 6.45) is 2.18. The summed E-state index contributed by atoms with van der Waals surface area (Å²) >= 11 is 9.50. The highest BCUT2D eigenvalue weighted by molar-refractivity contribution is 8.60. The van der Waals surface area contributed by atoms with Gasteiger partial charge in [-0.1, -0.05) is 52.8 Å². The van der Waals surface area contributed by atoms with Crippen LogP contribution in [0.2, 0.25) is 0 Å². The van der Waals surface area contributed by atoms with E-state index in [1.165, 1.54) is 0 Å². The molecule has 0 amide bonds. The average Bonchev–Trinajstić information content (AvgIpc) is 2.22. The lowest BCUT2D eigenvalue weighted by atomic mass is 10.1. The molecule has 0 aliphatic heterocycles. The molecule has 0 fully saturated rings. The number of thiol groups is 1. The summed E-state index contributed by atoms with van der Waals surface area (Å²) in [6.45, 7) is 9.84. The summed E-state index contributed by atoms with van der Waals surface area (Å²) in [5.41, 5.74) is -2.30. The van der Waals surface area contributed by atoms with Crippen LogP contribution in [-0.2, 0) is 20.9 Å². The van der Waals surface area contributed by atoms with Crippen molar-refractivity contribution < 1.29 is 9.05 Å². The predicted molar refractivity (Wildman–Crippen MR) is 74.1 cm³/mol. The molecule has 2 atom stereocenters. The Labute approximate surface area is 104 Å². The molecule has 0 saturated heterocycles. The Kier molecular flexibility index (Phi) is 8.57. The molecule has 15 heavy (non-hydrogen) atoms. The van der Waals surface area contributed by atoms with Gasteiger partial charge in [0.1, 0.15) is 0 Å². The van der Waals surface area contributed by atoms with Crippen molar-refractivity contribution >= 4 is 29.7 Å². The lowest BCUT2D eigenvalue weighted by Crippen LogP contribution is -2.06. The Hall–Kier alpha value is 0.920. The molecule has 2 nitrogen and oxygen atoms in total. The van der Waals surface area contributed by atoms with Gasteiger partial charge in [0.05, 0.1) is 13.2 Å². The molecule has 0 aliphatic rings. The van der Waals surface area contributed by atoms with Crippen LogP contribution in [0.1, 0.15) is 40.5 Å². The molecule has 0 saturated carbocycles. The highest BCUT2D eigenvalue weighted by Gasteiger charge is 2.15. The van der Waals surface area contributed by atoms with Gasteiger partial charge in [0.2, 0.25) is 5.69 Å². The average molecular weight is 270 g/mol. The molecule has 0 bridgehead atoms. The van der Waals surface area contributed by atoms with Gasteiger partial charge in [0.25, 0.3) is 0 Å². The molecular formula is C10H23O2PS2. The van der Waals surface area contributed by atoms with Gasteiger partial charge in [-0.2, -0.15) is 0 Å². The number of hydrogen-bond donors (Lipinski definition) is 1. The van der Waals surface area contributed by atoms with Crippen molar-refractivity contribution in [2.75, 3.05) is 13.2 Å². The van der Waals surface area contributed by atoms with Crippen LogP contribution in [0, 0.1) is 11.8 Å². The third-order valence-electron chi connectivity index (χ3n) is 2.44. The SMILES string of the molecule is CCC(C)COP(=S)(S)OCC(C)CC. The van der Waals surface area contributed by atoms with Gasteiger partial charge >= 0.3 is 0 Å². The molecule has 0 aliphatic carbocycles. The molecule has 0 aromatic carbocycles. The minimum absolute atomic E-state index is 0.520. The van der Waals surface area contributed by atoms with E-state index in [2.05, 4.69) is 39.9 Å². The molecule has 0 rings (SSSR count). The highest BCUT2D eigenvalue weighted by atomic mass is 32.9. The smallest absolute Gasteiger partial charge is 0.244 e. The second kappa shape index (κ2) is 8.08. The first-order chi connectivity index (χ1) is 6.91. The zero-order chi connectivity index (χ0) is 11.9. The summed E-state index contributed by atoms with van der Waals surface area (Å²) in [5.74, 6) is 1.04. The lowest BCUT2D eigenvalue weighted by Gasteiger charge is -2.20. The van der Waals surface area contributed by atoms with Crippen molar-refractivity contribution in [2.24, 2.45) is 11.8 Å². The normalized spacial score (nSPS) is 19.5. The zero-order valence-electron chi connectivity index (χ0n) is 10.1. The van der Waals surface area contributed by atoms with Gasteiger partial charge in [-0.3, -0.25) is 0 Å². The fraction of sp³-hybridized carbons (Fsp3) is 1.00. The molecule has 0 N–H and O–H groups in total. The van der Waals surface area contributed by atoms with Crippen LogP contribution in [-0.4, -0.2) is 13.2 Å². The van der Waals surface area contributed by atoms with E-state index >= 15 is 0 Å². The quantitative estimate of drug-likeness (QED) is 0.525. The van der Waals surface area contributed by atoms with Crippen LogP contribution >= 0.6 is 17.9 Å². The van der Waals surface area contributed by atoms with E-state index in [0.717, 1.165) is 12.8 Å². The van der Waals surface area contributed by atoms with E-state index in [1.807, 2.05) is 0 Å². The Morgan fingerprint density at radius 3 is 1.67 bits per heavy atom. The van der Waals surface area contributed by atoms with E-state index in [0.29, 0.717) is 25.0 Å². The maximum Gasteiger partial charge on any atom is 0.244 e. The first-order valence-corrected chi connectivity index (χ1v) is 9.32. The highest BCUT2D eigenvalue weighted by Crippen LogP contribution is 2.54. The third-order valence-corrected chi connectivity index (χ3v) is 4.71. The van der Waals surface area contributed by atoms with Crippen LogP contribution in [0.5, 0.6) is 0 Å². The van der Waals surface area contributed by atoms with Crippen LogP contribution in [0.25, 0.3) is 0 Å². The Morgan fingerprint density at radius 2 is 1.40 bits per heavy atom. The van der Waals surface area contributed by atoms with Crippen molar-refractivity contribution in [3.63, 3.8) is 0 Å². The molecule has 0 aromatic heterocycles. The molecule has 0 heterocycles. The molecule has 0 aromatic rings. The predicted octanol–water partition coefficient (Wildman–Crippen LogP) is 4.27. The topological polar surface area (TPSA) is 18.5 Å². The second-order valence-corrected chi connectivity index (χ2v) is 9.37. The van der Waals surface area contributed by atoms with E-state index in [4.69, 9.17) is 20.9 Å². The molecular weight excluding hydrogens is 247 g/mol. The monoisotopic (exact) mass is 270 g/mol. The Balaban J connectivity index is 3.81. The van der Waals surface area contributed by atoms with Gasteiger partial charge in [0, 0.05) is 0 Å². The van der Waals surface area contributed by atoms with Crippen molar-refractivity contribution in [2.45, 2.75) is 40.5 Å². The Bertz CT molecular complexity index is 194. The van der Waals surface area contributed by atoms with Gasteiger partial charge < -0.3 is 9.05 Å². The van der Waals surface area contributed by atoms with E-state index in [-0.39, 0.29) is 0 Å². The van der Waals surface area contributed by atoms with Gasteiger partial charge in [-0.15, -0.1) is 0 Å². The first-order valence-electron chi connectivity index (χ1n) is 5.53. The summed E-state index contributed by atoms with van der Waals surface area (Å²) in [4.78, 5) is 0. The van der Waals surface area contributed by atoms with Crippen molar-refractivity contribution in [3.8, 4) is 0 Å². The van der Waals surface area contributed by atoms with Gasteiger partial charge in [-0.25, -0.2) is 0 Å². The summed E-state index contributed by atoms with van der Waals surface area (Å²) in [7, 11) is 0. The van der Waals surface area contributed by atoms with Crippen molar-refractivity contribution in [1.82, 2.24) is 0 Å². The first kappa shape index (κ1) is 15.9. The summed E-state index contributed by atoms with van der Waals surface area (Å²) in [5, 5.41) is 0. The molecule has 0 spiro atoms. The van der Waals surface area contributed by atoms with Crippen LogP contribution in [0.3, 0.4) is 0 Å². The summed E-state index contributed by atoms with van der Waals surface area (Å²) in [6, 6.07) is 0. The van der Waals surface area contributed by atoms with E-state index in [9.17, 15) is 0 Å². The standard InChI is InChI=1S/C10H23O2PS2/c1-5-9(3)7-11-13(14,15)12-8-10(4)6-2/h9-10H,5-8H2,1-4H3,(H,14,15). The van der Waals surface area contributed by atoms with Crippen LogP contribution in [0.15, 0.2) is 0 Å². The van der Waals surface area contributed by atoms with Crippen molar-refractivity contribution in [3.05, 3.63) is 0 Å². The van der Waals surface area contributed by atoms with E-state index < -0.39 is 5.69 Å². The fourth-order valence-electron chi connectivity index (χ4n) is 0.716. The van der Waals surface area contributed by atoms with Crippen molar-refractivity contribution in [1.29, 1.82) is 0 Å². The fourth-order valence-corrected chi connectivity index (χ4v) is 2.44. The molecule has 92 valence electrons. The lowest BCUT2D eigenvalue weighted by molar-refractivity contribution is 0.207. The minimum atomic E-state index is -2.30. The Morgan fingerprint density at radius 1 is 1.07 bits per heavy atom. The second-order valence-electron chi connectivity index (χ2n) is 4.09. The van der Waals surface area contributed by atoms with E-state index in [1.54, 1.807) is 0 Å². The summed E-state index contributed by atoms with van der Waals surface area (Å²) < 4.78 is 11.1. The van der Waals surface area contributed by atoms with Gasteiger partial charge in [-0.05, 0) is 23.6 Å².